The number of hydrogen-bond acceptors (Lipinski definition) is 5. The van der Waals surface area contributed by atoms with Crippen molar-refractivity contribution >= 4 is 10.0 Å². The molecule has 0 N–H and O–H groups in total. The molecule has 1 aliphatic heterocycles. The van der Waals surface area contributed by atoms with Gasteiger partial charge >= 0.3 is 6.01 Å². The van der Waals surface area contributed by atoms with Crippen LogP contribution in [-0.2, 0) is 10.0 Å². The minimum atomic E-state index is -3.90. The third kappa shape index (κ3) is 3.96. The fourth-order valence-electron chi connectivity index (χ4n) is 2.91. The monoisotopic (exact) mass is 365 g/mol. The van der Waals surface area contributed by atoms with Crippen LogP contribution in [0.3, 0.4) is 0 Å². The summed E-state index contributed by atoms with van der Waals surface area (Å²) in [6.07, 6.45) is 0.958. The summed E-state index contributed by atoms with van der Waals surface area (Å²) in [5.41, 5.74) is 1.57. The van der Waals surface area contributed by atoms with Crippen molar-refractivity contribution in [2.24, 2.45) is 0 Å². The Hall–Kier alpha value is -2.06. The highest BCUT2D eigenvalue weighted by Crippen LogP contribution is 2.24. The number of ether oxygens (including phenoxy) is 1. The molecule has 8 heteroatoms. The molecule has 6 nitrogen and oxygen atoms in total. The normalized spacial score (nSPS) is 18.9. The second-order valence-corrected chi connectivity index (χ2v) is 8.02. The molecule has 25 heavy (non-hydrogen) atoms. The summed E-state index contributed by atoms with van der Waals surface area (Å²) in [6, 6.07) is 7.48. The molecule has 1 atom stereocenters. The largest absolute Gasteiger partial charge is 0.459 e. The van der Waals surface area contributed by atoms with Crippen LogP contribution in [0.25, 0.3) is 0 Å². The van der Waals surface area contributed by atoms with E-state index in [1.807, 2.05) is 19.9 Å². The minimum Gasteiger partial charge on any atom is -0.459 e. The lowest BCUT2D eigenvalue weighted by atomic mass is 10.1. The molecule has 1 fully saturated rings. The summed E-state index contributed by atoms with van der Waals surface area (Å²) in [6.45, 7) is 4.17. The molecule has 1 aromatic heterocycles. The summed E-state index contributed by atoms with van der Waals surface area (Å²) in [4.78, 5) is 8.15. The van der Waals surface area contributed by atoms with Crippen LogP contribution in [0.5, 0.6) is 6.01 Å². The maximum Gasteiger partial charge on any atom is 0.317 e. The Labute approximate surface area is 146 Å². The number of piperidine rings is 1. The van der Waals surface area contributed by atoms with Gasteiger partial charge in [-0.2, -0.15) is 4.31 Å². The van der Waals surface area contributed by atoms with Gasteiger partial charge in [-0.25, -0.2) is 22.8 Å². The number of aromatic nitrogens is 2. The van der Waals surface area contributed by atoms with E-state index in [1.54, 1.807) is 0 Å². The maximum atomic E-state index is 13.9. The van der Waals surface area contributed by atoms with Crippen LogP contribution in [-0.4, -0.2) is 41.9 Å². The van der Waals surface area contributed by atoms with Crippen molar-refractivity contribution in [3.05, 3.63) is 47.5 Å². The van der Waals surface area contributed by atoms with Crippen molar-refractivity contribution in [2.45, 2.75) is 37.7 Å². The number of hydrogen-bond donors (Lipinski definition) is 0. The SMILES string of the molecule is Cc1cc(C)nc(OC2CCCN(S(=O)(=O)c3ccccc3F)C2)n1. The molecule has 1 saturated heterocycles. The van der Waals surface area contributed by atoms with Crippen molar-refractivity contribution in [1.29, 1.82) is 0 Å². The Morgan fingerprint density at radius 2 is 1.88 bits per heavy atom. The highest BCUT2D eigenvalue weighted by molar-refractivity contribution is 7.89. The number of benzene rings is 1. The Morgan fingerprint density at radius 3 is 2.56 bits per heavy atom. The molecule has 0 bridgehead atoms. The van der Waals surface area contributed by atoms with Crippen LogP contribution in [0.15, 0.2) is 35.2 Å². The first-order chi connectivity index (χ1) is 11.9. The maximum absolute atomic E-state index is 13.9. The fourth-order valence-corrected chi connectivity index (χ4v) is 4.48. The summed E-state index contributed by atoms with van der Waals surface area (Å²) in [5.74, 6) is -0.747. The Morgan fingerprint density at radius 1 is 1.20 bits per heavy atom. The lowest BCUT2D eigenvalue weighted by Gasteiger charge is -2.31. The highest BCUT2D eigenvalue weighted by atomic mass is 32.2. The third-order valence-corrected chi connectivity index (χ3v) is 5.93. The van der Waals surface area contributed by atoms with E-state index in [2.05, 4.69) is 9.97 Å². The Balaban J connectivity index is 1.78. The summed E-state index contributed by atoms with van der Waals surface area (Å²) in [7, 11) is -3.90. The summed E-state index contributed by atoms with van der Waals surface area (Å²) in [5, 5.41) is 0. The van der Waals surface area contributed by atoms with Crippen molar-refractivity contribution in [1.82, 2.24) is 14.3 Å². The van der Waals surface area contributed by atoms with Gasteiger partial charge in [-0.1, -0.05) is 12.1 Å². The molecule has 0 saturated carbocycles. The molecule has 1 aliphatic rings. The lowest BCUT2D eigenvalue weighted by Crippen LogP contribution is -2.44. The highest BCUT2D eigenvalue weighted by Gasteiger charge is 2.33. The fraction of sp³-hybridized carbons (Fsp3) is 0.412. The number of nitrogens with zero attached hydrogens (tertiary/aromatic N) is 3. The zero-order valence-electron chi connectivity index (χ0n) is 14.1. The van der Waals surface area contributed by atoms with E-state index >= 15 is 0 Å². The zero-order valence-corrected chi connectivity index (χ0v) is 15.0. The van der Waals surface area contributed by atoms with E-state index in [9.17, 15) is 12.8 Å². The van der Waals surface area contributed by atoms with E-state index in [0.29, 0.717) is 19.4 Å². The van der Waals surface area contributed by atoms with Gasteiger partial charge in [0.25, 0.3) is 0 Å². The number of rotatable bonds is 4. The van der Waals surface area contributed by atoms with Crippen molar-refractivity contribution in [3.63, 3.8) is 0 Å². The number of aryl methyl sites for hydroxylation is 2. The zero-order chi connectivity index (χ0) is 18.0. The Kier molecular flexibility index (Phi) is 5.01. The van der Waals surface area contributed by atoms with Gasteiger partial charge < -0.3 is 4.74 Å². The lowest BCUT2D eigenvalue weighted by molar-refractivity contribution is 0.118. The molecule has 0 spiro atoms. The van der Waals surface area contributed by atoms with Crippen molar-refractivity contribution in [3.8, 4) is 6.01 Å². The second-order valence-electron chi connectivity index (χ2n) is 6.11. The molecule has 2 heterocycles. The van der Waals surface area contributed by atoms with Gasteiger partial charge in [-0.3, -0.25) is 0 Å². The molecule has 1 unspecified atom stereocenters. The van der Waals surface area contributed by atoms with Gasteiger partial charge in [0, 0.05) is 17.9 Å². The molecule has 134 valence electrons. The molecule has 0 amide bonds. The van der Waals surface area contributed by atoms with Crippen LogP contribution in [0.4, 0.5) is 4.39 Å². The van der Waals surface area contributed by atoms with Crippen molar-refractivity contribution in [2.75, 3.05) is 13.1 Å². The summed E-state index contributed by atoms with van der Waals surface area (Å²) < 4.78 is 46.4. The number of sulfonamides is 1. The third-order valence-electron chi connectivity index (χ3n) is 4.03. The van der Waals surface area contributed by atoms with Gasteiger partial charge in [0.15, 0.2) is 0 Å². The average Bonchev–Trinajstić information content (AvgIpc) is 2.54. The predicted molar refractivity (Wildman–Crippen MR) is 90.3 cm³/mol. The number of halogens is 1. The predicted octanol–water partition coefficient (Wildman–Crippen LogP) is 2.46. The van der Waals surface area contributed by atoms with Crippen LogP contribution < -0.4 is 4.74 Å². The standard InChI is InChI=1S/C17H20FN3O3S/c1-12-10-13(2)20-17(19-12)24-14-6-5-9-21(11-14)25(22,23)16-8-4-3-7-15(16)18/h3-4,7-8,10,14H,5-6,9,11H2,1-2H3. The Bertz CT molecular complexity index is 853. The molecular formula is C17H20FN3O3S. The summed E-state index contributed by atoms with van der Waals surface area (Å²) >= 11 is 0. The van der Waals surface area contributed by atoms with Crippen LogP contribution >= 0.6 is 0 Å². The van der Waals surface area contributed by atoms with E-state index in [1.165, 1.54) is 22.5 Å². The first-order valence-corrected chi connectivity index (χ1v) is 9.54. The smallest absolute Gasteiger partial charge is 0.317 e. The molecule has 1 aromatic carbocycles. The molecule has 3 rings (SSSR count). The van der Waals surface area contributed by atoms with Gasteiger partial charge in [0.2, 0.25) is 10.0 Å². The van der Waals surface area contributed by atoms with Crippen molar-refractivity contribution < 1.29 is 17.5 Å². The van der Waals surface area contributed by atoms with E-state index in [-0.39, 0.29) is 23.6 Å². The van der Waals surface area contributed by atoms with E-state index in [4.69, 9.17) is 4.74 Å². The van der Waals surface area contributed by atoms with E-state index < -0.39 is 15.8 Å². The molecule has 2 aromatic rings. The van der Waals surface area contributed by atoms with Gasteiger partial charge in [0.1, 0.15) is 16.8 Å². The van der Waals surface area contributed by atoms with Gasteiger partial charge in [-0.15, -0.1) is 0 Å². The van der Waals surface area contributed by atoms with Gasteiger partial charge in [-0.05, 0) is 44.9 Å². The second kappa shape index (κ2) is 7.05. The van der Waals surface area contributed by atoms with Crippen LogP contribution in [0, 0.1) is 19.7 Å². The van der Waals surface area contributed by atoms with Gasteiger partial charge in [0.05, 0.1) is 6.54 Å². The molecular weight excluding hydrogens is 345 g/mol. The topological polar surface area (TPSA) is 72.4 Å². The minimum absolute atomic E-state index is 0.146. The first-order valence-electron chi connectivity index (χ1n) is 8.10. The van der Waals surface area contributed by atoms with E-state index in [0.717, 1.165) is 17.5 Å². The average molecular weight is 365 g/mol. The van der Waals surface area contributed by atoms with Crippen LogP contribution in [0.1, 0.15) is 24.2 Å². The first kappa shape index (κ1) is 17.8. The quantitative estimate of drug-likeness (QED) is 0.832. The van der Waals surface area contributed by atoms with Crippen LogP contribution in [0.2, 0.25) is 0 Å². The molecule has 0 radical (unpaired) electrons. The molecule has 0 aliphatic carbocycles.